The predicted molar refractivity (Wildman–Crippen MR) is 106 cm³/mol. The van der Waals surface area contributed by atoms with Crippen LogP contribution in [-0.4, -0.2) is 20.4 Å². The van der Waals surface area contributed by atoms with Crippen molar-refractivity contribution in [3.05, 3.63) is 53.6 Å². The summed E-state index contributed by atoms with van der Waals surface area (Å²) in [5.41, 5.74) is 3.31. The number of hydrogen-bond acceptors (Lipinski definition) is 3. The van der Waals surface area contributed by atoms with Gasteiger partial charge in [-0.3, -0.25) is 9.52 Å². The van der Waals surface area contributed by atoms with Crippen molar-refractivity contribution in [3.8, 4) is 0 Å². The highest BCUT2D eigenvalue weighted by Crippen LogP contribution is 2.38. The number of nitrogens with zero attached hydrogens (tertiary/aromatic N) is 1. The quantitative estimate of drug-likeness (QED) is 0.870. The Kier molecular flexibility index (Phi) is 4.46. The lowest BCUT2D eigenvalue weighted by molar-refractivity contribution is -0.125. The van der Waals surface area contributed by atoms with Crippen LogP contribution in [0.5, 0.6) is 0 Å². The summed E-state index contributed by atoms with van der Waals surface area (Å²) in [5.74, 6) is 0.311. The van der Waals surface area contributed by atoms with E-state index in [9.17, 15) is 13.2 Å². The molecule has 0 bridgehead atoms. The third kappa shape index (κ3) is 3.34. The molecule has 1 fully saturated rings. The van der Waals surface area contributed by atoms with Gasteiger partial charge in [0, 0.05) is 23.3 Å². The van der Waals surface area contributed by atoms with E-state index < -0.39 is 10.0 Å². The van der Waals surface area contributed by atoms with Crippen LogP contribution in [0.1, 0.15) is 37.3 Å². The number of rotatable bonds is 4. The Labute approximate surface area is 160 Å². The first-order chi connectivity index (χ1) is 12.8. The van der Waals surface area contributed by atoms with E-state index in [0.717, 1.165) is 36.1 Å². The van der Waals surface area contributed by atoms with E-state index in [1.165, 1.54) is 0 Å². The van der Waals surface area contributed by atoms with Crippen molar-refractivity contribution < 1.29 is 13.2 Å². The minimum absolute atomic E-state index is 0.0655. The fraction of sp³-hybridized carbons (Fsp3) is 0.381. The van der Waals surface area contributed by atoms with Crippen LogP contribution >= 0.6 is 0 Å². The van der Waals surface area contributed by atoms with Crippen LogP contribution in [0, 0.1) is 12.8 Å². The van der Waals surface area contributed by atoms with Gasteiger partial charge in [0.05, 0.1) is 4.90 Å². The van der Waals surface area contributed by atoms with E-state index in [1.807, 2.05) is 30.9 Å². The van der Waals surface area contributed by atoms with Crippen LogP contribution in [0.15, 0.2) is 47.4 Å². The number of sulfonamides is 1. The van der Waals surface area contributed by atoms with Gasteiger partial charge in [-0.2, -0.15) is 0 Å². The summed E-state index contributed by atoms with van der Waals surface area (Å²) < 4.78 is 28.2. The lowest BCUT2D eigenvalue weighted by Crippen LogP contribution is -2.42. The average molecular weight is 385 g/mol. The van der Waals surface area contributed by atoms with Gasteiger partial charge >= 0.3 is 0 Å². The van der Waals surface area contributed by atoms with Crippen molar-refractivity contribution in [2.45, 2.75) is 50.5 Å². The van der Waals surface area contributed by atoms with Crippen molar-refractivity contribution >= 4 is 27.3 Å². The second kappa shape index (κ2) is 6.68. The maximum absolute atomic E-state index is 12.8. The summed E-state index contributed by atoms with van der Waals surface area (Å²) in [6, 6.07) is 12.4. The molecule has 4 rings (SSSR count). The molecular weight excluding hydrogens is 360 g/mol. The number of hydrogen-bond donors (Lipinski definition) is 1. The molecule has 1 N–H and O–H groups in total. The number of fused-ring (bicyclic) bond motifs is 1. The van der Waals surface area contributed by atoms with Gasteiger partial charge in [-0.05, 0) is 74.6 Å². The number of benzene rings is 2. The zero-order valence-electron chi connectivity index (χ0n) is 15.6. The van der Waals surface area contributed by atoms with E-state index in [2.05, 4.69) is 4.72 Å². The third-order valence-electron chi connectivity index (χ3n) is 5.54. The topological polar surface area (TPSA) is 66.5 Å². The maximum Gasteiger partial charge on any atom is 0.261 e. The Morgan fingerprint density at radius 3 is 2.59 bits per heavy atom. The summed E-state index contributed by atoms with van der Waals surface area (Å²) in [7, 11) is -3.67. The van der Waals surface area contributed by atoms with Gasteiger partial charge in [-0.15, -0.1) is 0 Å². The van der Waals surface area contributed by atoms with Gasteiger partial charge in [0.2, 0.25) is 5.91 Å². The number of amides is 1. The molecule has 1 saturated carbocycles. The van der Waals surface area contributed by atoms with Crippen LogP contribution in [0.3, 0.4) is 0 Å². The summed E-state index contributed by atoms with van der Waals surface area (Å²) in [4.78, 5) is 14.8. The van der Waals surface area contributed by atoms with Crippen molar-refractivity contribution in [1.82, 2.24) is 0 Å². The van der Waals surface area contributed by atoms with Gasteiger partial charge in [0.25, 0.3) is 10.0 Å². The molecule has 0 radical (unpaired) electrons. The molecule has 1 amide bonds. The molecule has 1 heterocycles. The largest absolute Gasteiger partial charge is 0.309 e. The van der Waals surface area contributed by atoms with Crippen LogP contribution < -0.4 is 9.62 Å². The van der Waals surface area contributed by atoms with Gasteiger partial charge in [-0.1, -0.05) is 18.6 Å². The molecule has 1 atom stereocenters. The monoisotopic (exact) mass is 384 g/mol. The molecule has 1 aliphatic heterocycles. The molecule has 27 heavy (non-hydrogen) atoms. The first-order valence-electron chi connectivity index (χ1n) is 9.40. The second-order valence-electron chi connectivity index (χ2n) is 7.65. The third-order valence-corrected chi connectivity index (χ3v) is 6.92. The second-order valence-corrected chi connectivity index (χ2v) is 9.34. The fourth-order valence-corrected chi connectivity index (χ4v) is 4.98. The Hall–Kier alpha value is -2.34. The smallest absolute Gasteiger partial charge is 0.261 e. The van der Waals surface area contributed by atoms with Gasteiger partial charge in [-0.25, -0.2) is 8.42 Å². The summed E-state index contributed by atoms with van der Waals surface area (Å²) in [5, 5.41) is 0. The van der Waals surface area contributed by atoms with Crippen LogP contribution in [0.25, 0.3) is 0 Å². The minimum atomic E-state index is -3.67. The first-order valence-corrected chi connectivity index (χ1v) is 10.9. The highest BCUT2D eigenvalue weighted by Gasteiger charge is 2.37. The summed E-state index contributed by atoms with van der Waals surface area (Å²) in [6.45, 7) is 3.94. The summed E-state index contributed by atoms with van der Waals surface area (Å²) in [6.07, 6.45) is 3.73. The fourth-order valence-electron chi connectivity index (χ4n) is 3.88. The highest BCUT2D eigenvalue weighted by molar-refractivity contribution is 7.92. The van der Waals surface area contributed by atoms with Gasteiger partial charge < -0.3 is 4.90 Å². The molecule has 0 spiro atoms. The van der Waals surface area contributed by atoms with Crippen LogP contribution in [-0.2, 0) is 21.2 Å². The molecule has 0 aromatic heterocycles. The molecule has 142 valence electrons. The van der Waals surface area contributed by atoms with Crippen molar-refractivity contribution in [3.63, 3.8) is 0 Å². The SMILES string of the molecule is Cc1cccc(NS(=O)(=O)c2ccc3c(c2)C[C@H](C)N3C(=O)C2CCC2)c1. The Bertz CT molecular complexity index is 996. The molecule has 6 heteroatoms. The van der Waals surface area contributed by atoms with E-state index in [-0.39, 0.29) is 22.8 Å². The average Bonchev–Trinajstić information content (AvgIpc) is 2.87. The van der Waals surface area contributed by atoms with Crippen LogP contribution in [0.2, 0.25) is 0 Å². The standard InChI is InChI=1S/C21H24N2O3S/c1-14-5-3-8-18(11-14)22-27(25,26)19-9-10-20-17(13-19)12-15(2)23(20)21(24)16-6-4-7-16/h3,5,8-11,13,15-16,22H,4,6-7,12H2,1-2H3/t15-/m0/s1. The normalized spacial score (nSPS) is 19.5. The minimum Gasteiger partial charge on any atom is -0.309 e. The van der Waals surface area contributed by atoms with E-state index in [4.69, 9.17) is 0 Å². The highest BCUT2D eigenvalue weighted by atomic mass is 32.2. The molecule has 2 aliphatic rings. The number of carbonyl (C=O) groups excluding carboxylic acids is 1. The zero-order chi connectivity index (χ0) is 19.2. The lowest BCUT2D eigenvalue weighted by atomic mass is 9.84. The Morgan fingerprint density at radius 1 is 1.15 bits per heavy atom. The molecule has 5 nitrogen and oxygen atoms in total. The Morgan fingerprint density at radius 2 is 1.93 bits per heavy atom. The first kappa shape index (κ1) is 18.0. The van der Waals surface area contributed by atoms with Crippen molar-refractivity contribution in [1.29, 1.82) is 0 Å². The van der Waals surface area contributed by atoms with E-state index in [0.29, 0.717) is 12.1 Å². The van der Waals surface area contributed by atoms with E-state index in [1.54, 1.807) is 30.3 Å². The lowest BCUT2D eigenvalue weighted by Gasteiger charge is -2.32. The number of anilines is 2. The molecule has 0 saturated heterocycles. The number of carbonyl (C=O) groups is 1. The molecule has 2 aromatic rings. The zero-order valence-corrected chi connectivity index (χ0v) is 16.4. The Balaban J connectivity index is 1.61. The van der Waals surface area contributed by atoms with Gasteiger partial charge in [0.15, 0.2) is 0 Å². The number of nitrogens with one attached hydrogen (secondary N) is 1. The summed E-state index contributed by atoms with van der Waals surface area (Å²) >= 11 is 0. The van der Waals surface area contributed by atoms with Crippen molar-refractivity contribution in [2.75, 3.05) is 9.62 Å². The molecular formula is C21H24N2O3S. The molecule has 0 unspecified atom stereocenters. The van der Waals surface area contributed by atoms with Crippen molar-refractivity contribution in [2.24, 2.45) is 5.92 Å². The molecule has 1 aliphatic carbocycles. The predicted octanol–water partition coefficient (Wildman–Crippen LogP) is 3.87. The number of aryl methyl sites for hydroxylation is 1. The molecule has 2 aromatic carbocycles. The van der Waals surface area contributed by atoms with Gasteiger partial charge in [0.1, 0.15) is 0 Å². The maximum atomic E-state index is 12.8. The van der Waals surface area contributed by atoms with Crippen LogP contribution in [0.4, 0.5) is 11.4 Å². The van der Waals surface area contributed by atoms with E-state index >= 15 is 0 Å².